The molecule has 140 valence electrons. The zero-order valence-electron chi connectivity index (χ0n) is 14.6. The predicted molar refractivity (Wildman–Crippen MR) is 114 cm³/mol. The van der Waals surface area contributed by atoms with Gasteiger partial charge in [0.25, 0.3) is 0 Å². The number of thioether (sulfide) groups is 2. The van der Waals surface area contributed by atoms with E-state index in [-0.39, 0.29) is 5.95 Å². The van der Waals surface area contributed by atoms with E-state index in [0.29, 0.717) is 32.8 Å². The van der Waals surface area contributed by atoms with Crippen LogP contribution >= 0.6 is 35.1 Å². The summed E-state index contributed by atoms with van der Waals surface area (Å²) in [6.07, 6.45) is 0. The number of anilines is 1. The SMILES string of the molecule is Nc1nc(SCc2ccccc2)c2nc(CSc3ccc(Cl)cc3)nnc2n1. The quantitative estimate of drug-likeness (QED) is 0.352. The summed E-state index contributed by atoms with van der Waals surface area (Å²) in [5.41, 5.74) is 8.05. The number of rotatable bonds is 6. The Balaban J connectivity index is 1.56. The van der Waals surface area contributed by atoms with Gasteiger partial charge in [0.15, 0.2) is 5.82 Å². The van der Waals surface area contributed by atoms with E-state index in [1.807, 2.05) is 42.5 Å². The van der Waals surface area contributed by atoms with Crippen LogP contribution in [0.5, 0.6) is 0 Å². The van der Waals surface area contributed by atoms with Gasteiger partial charge in [0, 0.05) is 15.7 Å². The molecule has 4 rings (SSSR count). The third-order valence-corrected chi connectivity index (χ3v) is 6.05. The summed E-state index contributed by atoms with van der Waals surface area (Å²) in [4.78, 5) is 14.2. The average Bonchev–Trinajstić information content (AvgIpc) is 2.72. The van der Waals surface area contributed by atoms with Crippen LogP contribution < -0.4 is 5.73 Å². The van der Waals surface area contributed by atoms with Gasteiger partial charge in [-0.15, -0.1) is 22.0 Å². The second kappa shape index (κ2) is 8.72. The van der Waals surface area contributed by atoms with Crippen LogP contribution in [0.4, 0.5) is 5.95 Å². The topological polar surface area (TPSA) is 90.5 Å². The molecule has 6 nitrogen and oxygen atoms in total. The molecule has 0 fully saturated rings. The van der Waals surface area contributed by atoms with Crippen molar-refractivity contribution in [2.24, 2.45) is 0 Å². The minimum Gasteiger partial charge on any atom is -0.368 e. The zero-order chi connectivity index (χ0) is 19.3. The monoisotopic (exact) mass is 426 g/mol. The van der Waals surface area contributed by atoms with Crippen molar-refractivity contribution < 1.29 is 0 Å². The summed E-state index contributed by atoms with van der Waals surface area (Å²) in [6.45, 7) is 0. The Labute approximate surface area is 175 Å². The highest BCUT2D eigenvalue weighted by atomic mass is 35.5. The lowest BCUT2D eigenvalue weighted by molar-refractivity contribution is 0.908. The Kier molecular flexibility index (Phi) is 5.90. The lowest BCUT2D eigenvalue weighted by Gasteiger charge is -2.06. The van der Waals surface area contributed by atoms with Gasteiger partial charge in [0.05, 0.1) is 5.75 Å². The van der Waals surface area contributed by atoms with Crippen LogP contribution in [0.1, 0.15) is 11.4 Å². The highest BCUT2D eigenvalue weighted by Gasteiger charge is 2.12. The molecule has 2 aromatic heterocycles. The van der Waals surface area contributed by atoms with Crippen LogP contribution in [0.2, 0.25) is 5.02 Å². The van der Waals surface area contributed by atoms with Crippen molar-refractivity contribution in [2.45, 2.75) is 21.4 Å². The number of halogens is 1. The maximum atomic E-state index is 5.93. The number of nitrogens with two attached hydrogens (primary N) is 1. The molecule has 0 saturated carbocycles. The maximum absolute atomic E-state index is 5.93. The first kappa shape index (κ1) is 18.9. The van der Waals surface area contributed by atoms with Crippen molar-refractivity contribution in [3.63, 3.8) is 0 Å². The van der Waals surface area contributed by atoms with Gasteiger partial charge in [-0.25, -0.2) is 9.97 Å². The smallest absolute Gasteiger partial charge is 0.223 e. The van der Waals surface area contributed by atoms with E-state index in [4.69, 9.17) is 17.3 Å². The lowest BCUT2D eigenvalue weighted by Crippen LogP contribution is -2.04. The van der Waals surface area contributed by atoms with E-state index >= 15 is 0 Å². The van der Waals surface area contributed by atoms with Crippen LogP contribution in [0.15, 0.2) is 64.5 Å². The van der Waals surface area contributed by atoms with Gasteiger partial charge in [0.2, 0.25) is 11.6 Å². The highest BCUT2D eigenvalue weighted by molar-refractivity contribution is 7.98. The van der Waals surface area contributed by atoms with Crippen LogP contribution in [0.3, 0.4) is 0 Å². The summed E-state index contributed by atoms with van der Waals surface area (Å²) >= 11 is 9.10. The molecule has 2 aromatic carbocycles. The van der Waals surface area contributed by atoms with Gasteiger partial charge in [-0.05, 0) is 29.8 Å². The third-order valence-electron chi connectivity index (χ3n) is 3.75. The number of hydrogen-bond donors (Lipinski definition) is 1. The van der Waals surface area contributed by atoms with Gasteiger partial charge in [-0.2, -0.15) is 4.98 Å². The molecular weight excluding hydrogens is 412 g/mol. The van der Waals surface area contributed by atoms with Crippen LogP contribution in [-0.2, 0) is 11.5 Å². The summed E-state index contributed by atoms with van der Waals surface area (Å²) in [5, 5.41) is 9.79. The van der Waals surface area contributed by atoms with Crippen molar-refractivity contribution in [1.29, 1.82) is 0 Å². The molecule has 4 aromatic rings. The first-order chi connectivity index (χ1) is 13.7. The van der Waals surface area contributed by atoms with Crippen molar-refractivity contribution in [2.75, 3.05) is 5.73 Å². The Hall–Kier alpha value is -2.42. The van der Waals surface area contributed by atoms with Gasteiger partial charge in [0.1, 0.15) is 10.5 Å². The molecule has 28 heavy (non-hydrogen) atoms. The molecular formula is C19H15ClN6S2. The maximum Gasteiger partial charge on any atom is 0.223 e. The number of hydrogen-bond acceptors (Lipinski definition) is 8. The number of nitrogen functional groups attached to an aromatic ring is 1. The Morgan fingerprint density at radius 3 is 2.39 bits per heavy atom. The Morgan fingerprint density at radius 1 is 0.821 bits per heavy atom. The van der Waals surface area contributed by atoms with Crippen molar-refractivity contribution in [3.8, 4) is 0 Å². The van der Waals surface area contributed by atoms with Crippen molar-refractivity contribution in [1.82, 2.24) is 25.1 Å². The van der Waals surface area contributed by atoms with E-state index in [0.717, 1.165) is 10.6 Å². The number of aromatic nitrogens is 5. The van der Waals surface area contributed by atoms with Gasteiger partial charge in [-0.3, -0.25) is 0 Å². The van der Waals surface area contributed by atoms with E-state index in [1.165, 1.54) is 5.56 Å². The molecule has 0 amide bonds. The molecule has 0 spiro atoms. The number of nitrogens with zero attached hydrogens (tertiary/aromatic N) is 5. The van der Waals surface area contributed by atoms with Gasteiger partial charge >= 0.3 is 0 Å². The second-order valence-electron chi connectivity index (χ2n) is 5.80. The highest BCUT2D eigenvalue weighted by Crippen LogP contribution is 2.28. The molecule has 0 aliphatic carbocycles. The summed E-state index contributed by atoms with van der Waals surface area (Å²) in [7, 11) is 0. The third kappa shape index (κ3) is 4.70. The molecule has 2 N–H and O–H groups in total. The van der Waals surface area contributed by atoms with E-state index < -0.39 is 0 Å². The lowest BCUT2D eigenvalue weighted by atomic mass is 10.2. The Morgan fingerprint density at radius 2 is 1.61 bits per heavy atom. The zero-order valence-corrected chi connectivity index (χ0v) is 17.0. The van der Waals surface area contributed by atoms with Crippen molar-refractivity contribution in [3.05, 3.63) is 71.0 Å². The van der Waals surface area contributed by atoms with E-state index in [1.54, 1.807) is 23.5 Å². The van der Waals surface area contributed by atoms with Crippen LogP contribution in [-0.4, -0.2) is 25.1 Å². The fourth-order valence-corrected chi connectivity index (χ4v) is 4.23. The van der Waals surface area contributed by atoms with Crippen LogP contribution in [0.25, 0.3) is 11.2 Å². The summed E-state index contributed by atoms with van der Waals surface area (Å²) in [6, 6.07) is 17.8. The van der Waals surface area contributed by atoms with Gasteiger partial charge < -0.3 is 5.73 Å². The fourth-order valence-electron chi connectivity index (χ4n) is 2.43. The minimum atomic E-state index is 0.169. The molecule has 9 heteroatoms. The van der Waals surface area contributed by atoms with E-state index in [9.17, 15) is 0 Å². The largest absolute Gasteiger partial charge is 0.368 e. The molecule has 2 heterocycles. The molecule has 0 saturated heterocycles. The van der Waals surface area contributed by atoms with E-state index in [2.05, 4.69) is 37.3 Å². The average molecular weight is 427 g/mol. The fraction of sp³-hybridized carbons (Fsp3) is 0.105. The second-order valence-corrected chi connectivity index (χ2v) is 8.25. The molecule has 0 radical (unpaired) electrons. The summed E-state index contributed by atoms with van der Waals surface area (Å²) in [5.74, 6) is 2.12. The van der Waals surface area contributed by atoms with Crippen LogP contribution in [0, 0.1) is 0 Å². The molecule has 0 bridgehead atoms. The number of benzene rings is 2. The normalized spacial score (nSPS) is 11.0. The first-order valence-electron chi connectivity index (χ1n) is 8.39. The van der Waals surface area contributed by atoms with Gasteiger partial charge in [-0.1, -0.05) is 53.7 Å². The molecule has 0 atom stereocenters. The summed E-state index contributed by atoms with van der Waals surface area (Å²) < 4.78 is 0. The number of fused-ring (bicyclic) bond motifs is 1. The first-order valence-corrected chi connectivity index (χ1v) is 10.7. The Bertz CT molecular complexity index is 1090. The molecule has 0 aliphatic rings. The predicted octanol–water partition coefficient (Wildman–Crippen LogP) is 4.64. The molecule has 0 aliphatic heterocycles. The standard InChI is InChI=1S/C19H15ClN6S2/c20-13-6-8-14(9-7-13)27-11-15-22-16-17(26-25-15)23-19(21)24-18(16)28-10-12-4-2-1-3-5-12/h1-9H,10-11H2,(H2,21,23,24,26). The molecule has 0 unspecified atom stereocenters. The van der Waals surface area contributed by atoms with Crippen molar-refractivity contribution >= 4 is 52.2 Å². The minimum absolute atomic E-state index is 0.169.